The second-order valence-electron chi connectivity index (χ2n) is 6.64. The van der Waals surface area contributed by atoms with E-state index in [4.69, 9.17) is 5.11 Å². The highest BCUT2D eigenvalue weighted by molar-refractivity contribution is 5.80. The van der Waals surface area contributed by atoms with Crippen LogP contribution in [0.4, 0.5) is 0 Å². The molecule has 0 aromatic heterocycles. The maximum absolute atomic E-state index is 12.5. The summed E-state index contributed by atoms with van der Waals surface area (Å²) in [6.45, 7) is 3.94. The Kier molecular flexibility index (Phi) is 5.22. The molecule has 2 N–H and O–H groups in total. The molecule has 0 spiro atoms. The number of carbonyl (C=O) groups is 2. The Hall–Kier alpha value is -1.84. The second kappa shape index (κ2) is 6.95. The molecule has 0 saturated heterocycles. The second-order valence-corrected chi connectivity index (χ2v) is 6.64. The highest BCUT2D eigenvalue weighted by Gasteiger charge is 2.38. The molecule has 1 aromatic carbocycles. The molecular weight excluding hydrogens is 278 g/mol. The number of benzene rings is 1. The first kappa shape index (κ1) is 16.5. The van der Waals surface area contributed by atoms with Crippen molar-refractivity contribution < 1.29 is 14.7 Å². The summed E-state index contributed by atoms with van der Waals surface area (Å²) in [6, 6.07) is 8.18. The molecule has 0 bridgehead atoms. The Balaban J connectivity index is 1.97. The molecule has 1 aromatic rings. The van der Waals surface area contributed by atoms with E-state index in [-0.39, 0.29) is 18.2 Å². The zero-order chi connectivity index (χ0) is 16.2. The SMILES string of the molecule is Cc1ccc(CC(C)C(=O)NC2(CC(=O)O)CCCC2)cc1. The number of rotatable bonds is 6. The Morgan fingerprint density at radius 2 is 1.82 bits per heavy atom. The van der Waals surface area contributed by atoms with Crippen molar-refractivity contribution in [3.8, 4) is 0 Å². The Labute approximate surface area is 131 Å². The number of aliphatic carboxylic acids is 1. The van der Waals surface area contributed by atoms with Gasteiger partial charge in [-0.3, -0.25) is 9.59 Å². The van der Waals surface area contributed by atoms with Crippen LogP contribution in [0.15, 0.2) is 24.3 Å². The van der Waals surface area contributed by atoms with E-state index in [1.807, 2.05) is 38.1 Å². The first-order valence-corrected chi connectivity index (χ1v) is 8.00. The highest BCUT2D eigenvalue weighted by Crippen LogP contribution is 2.33. The van der Waals surface area contributed by atoms with Crippen LogP contribution in [0.3, 0.4) is 0 Å². The van der Waals surface area contributed by atoms with Crippen LogP contribution >= 0.6 is 0 Å². The molecule has 4 heteroatoms. The van der Waals surface area contributed by atoms with Crippen LogP contribution in [-0.2, 0) is 16.0 Å². The lowest BCUT2D eigenvalue weighted by Crippen LogP contribution is -2.49. The monoisotopic (exact) mass is 303 g/mol. The molecule has 0 heterocycles. The van der Waals surface area contributed by atoms with Crippen LogP contribution < -0.4 is 5.32 Å². The number of nitrogens with one attached hydrogen (secondary N) is 1. The third-order valence-electron chi connectivity index (χ3n) is 4.55. The van der Waals surface area contributed by atoms with Gasteiger partial charge in [-0.1, -0.05) is 49.6 Å². The van der Waals surface area contributed by atoms with E-state index >= 15 is 0 Å². The van der Waals surface area contributed by atoms with Crippen LogP contribution in [-0.4, -0.2) is 22.5 Å². The lowest BCUT2D eigenvalue weighted by molar-refractivity contribution is -0.139. The molecule has 22 heavy (non-hydrogen) atoms. The van der Waals surface area contributed by atoms with Gasteiger partial charge in [-0.15, -0.1) is 0 Å². The Morgan fingerprint density at radius 1 is 1.23 bits per heavy atom. The van der Waals surface area contributed by atoms with Gasteiger partial charge in [-0.05, 0) is 31.7 Å². The minimum absolute atomic E-state index is 0.0238. The molecule has 4 nitrogen and oxygen atoms in total. The largest absolute Gasteiger partial charge is 0.481 e. The zero-order valence-corrected chi connectivity index (χ0v) is 13.4. The molecule has 1 aliphatic carbocycles. The van der Waals surface area contributed by atoms with E-state index in [9.17, 15) is 9.59 Å². The predicted octanol–water partition coefficient (Wildman–Crippen LogP) is 3.08. The van der Waals surface area contributed by atoms with E-state index in [1.165, 1.54) is 5.56 Å². The van der Waals surface area contributed by atoms with E-state index in [0.717, 1.165) is 31.2 Å². The first-order valence-electron chi connectivity index (χ1n) is 8.00. The summed E-state index contributed by atoms with van der Waals surface area (Å²) in [4.78, 5) is 23.5. The summed E-state index contributed by atoms with van der Waals surface area (Å²) in [5.41, 5.74) is 1.80. The summed E-state index contributed by atoms with van der Waals surface area (Å²) < 4.78 is 0. The van der Waals surface area contributed by atoms with Gasteiger partial charge in [-0.25, -0.2) is 0 Å². The van der Waals surface area contributed by atoms with Crippen molar-refractivity contribution in [2.24, 2.45) is 5.92 Å². The fraction of sp³-hybridized carbons (Fsp3) is 0.556. The number of hydrogen-bond donors (Lipinski definition) is 2. The summed E-state index contributed by atoms with van der Waals surface area (Å²) in [7, 11) is 0. The van der Waals surface area contributed by atoms with Crippen LogP contribution in [0, 0.1) is 12.8 Å². The van der Waals surface area contributed by atoms with Crippen molar-refractivity contribution in [1.29, 1.82) is 0 Å². The summed E-state index contributed by atoms with van der Waals surface area (Å²) >= 11 is 0. The fourth-order valence-corrected chi connectivity index (χ4v) is 3.24. The van der Waals surface area contributed by atoms with Gasteiger partial charge < -0.3 is 10.4 Å². The molecule has 2 rings (SSSR count). The topological polar surface area (TPSA) is 66.4 Å². The van der Waals surface area contributed by atoms with Gasteiger partial charge in [0.2, 0.25) is 5.91 Å². The van der Waals surface area contributed by atoms with Crippen molar-refractivity contribution in [2.45, 2.75) is 57.9 Å². The third-order valence-corrected chi connectivity index (χ3v) is 4.55. The van der Waals surface area contributed by atoms with Crippen molar-refractivity contribution in [2.75, 3.05) is 0 Å². The Morgan fingerprint density at radius 3 is 2.36 bits per heavy atom. The van der Waals surface area contributed by atoms with Gasteiger partial charge in [0.25, 0.3) is 0 Å². The van der Waals surface area contributed by atoms with Gasteiger partial charge in [0.15, 0.2) is 0 Å². The van der Waals surface area contributed by atoms with Crippen LogP contribution in [0.5, 0.6) is 0 Å². The average molecular weight is 303 g/mol. The first-order chi connectivity index (χ1) is 10.4. The number of amides is 1. The molecule has 1 unspecified atom stereocenters. The van der Waals surface area contributed by atoms with Gasteiger partial charge in [-0.2, -0.15) is 0 Å². The van der Waals surface area contributed by atoms with Crippen LogP contribution in [0.25, 0.3) is 0 Å². The number of carbonyl (C=O) groups excluding carboxylic acids is 1. The van der Waals surface area contributed by atoms with Gasteiger partial charge >= 0.3 is 5.97 Å². The number of hydrogen-bond acceptors (Lipinski definition) is 2. The van der Waals surface area contributed by atoms with E-state index in [0.29, 0.717) is 6.42 Å². The lowest BCUT2D eigenvalue weighted by atomic mass is 9.91. The van der Waals surface area contributed by atoms with Crippen molar-refractivity contribution in [1.82, 2.24) is 5.32 Å². The van der Waals surface area contributed by atoms with Crippen LogP contribution in [0.1, 0.15) is 50.2 Å². The molecular formula is C18H25NO3. The van der Waals surface area contributed by atoms with Crippen molar-refractivity contribution in [3.63, 3.8) is 0 Å². The summed E-state index contributed by atoms with van der Waals surface area (Å²) in [5.74, 6) is -1.04. The quantitative estimate of drug-likeness (QED) is 0.848. The Bertz CT molecular complexity index is 530. The maximum Gasteiger partial charge on any atom is 0.305 e. The molecule has 120 valence electrons. The fourth-order valence-electron chi connectivity index (χ4n) is 3.24. The molecule has 0 aliphatic heterocycles. The highest BCUT2D eigenvalue weighted by atomic mass is 16.4. The van der Waals surface area contributed by atoms with E-state index in [1.54, 1.807) is 0 Å². The van der Waals surface area contributed by atoms with Crippen molar-refractivity contribution in [3.05, 3.63) is 35.4 Å². The van der Waals surface area contributed by atoms with Gasteiger partial charge in [0.05, 0.1) is 12.0 Å². The van der Waals surface area contributed by atoms with Gasteiger partial charge in [0, 0.05) is 5.92 Å². The van der Waals surface area contributed by atoms with Gasteiger partial charge in [0.1, 0.15) is 0 Å². The average Bonchev–Trinajstić information content (AvgIpc) is 2.88. The normalized spacial score (nSPS) is 17.9. The summed E-state index contributed by atoms with van der Waals surface area (Å²) in [5, 5.41) is 12.1. The van der Waals surface area contributed by atoms with Crippen molar-refractivity contribution >= 4 is 11.9 Å². The number of aryl methyl sites for hydroxylation is 1. The number of carboxylic acids is 1. The van der Waals surface area contributed by atoms with E-state index in [2.05, 4.69) is 5.32 Å². The lowest BCUT2D eigenvalue weighted by Gasteiger charge is -2.30. The molecule has 1 amide bonds. The zero-order valence-electron chi connectivity index (χ0n) is 13.4. The minimum atomic E-state index is -0.839. The molecule has 1 saturated carbocycles. The number of carboxylic acid groups (broad SMARTS) is 1. The predicted molar refractivity (Wildman–Crippen MR) is 85.6 cm³/mol. The molecule has 1 fully saturated rings. The van der Waals surface area contributed by atoms with E-state index < -0.39 is 11.5 Å². The maximum atomic E-state index is 12.5. The molecule has 0 radical (unpaired) electrons. The third kappa shape index (κ3) is 4.33. The molecule has 1 aliphatic rings. The van der Waals surface area contributed by atoms with Crippen LogP contribution in [0.2, 0.25) is 0 Å². The molecule has 1 atom stereocenters. The standard InChI is InChI=1S/C18H25NO3/c1-13-5-7-15(8-6-13)11-14(2)17(22)19-18(12-16(20)21)9-3-4-10-18/h5-8,14H,3-4,9-12H2,1-2H3,(H,19,22)(H,20,21). The smallest absolute Gasteiger partial charge is 0.305 e. The summed E-state index contributed by atoms with van der Waals surface area (Å²) in [6.07, 6.45) is 4.20. The minimum Gasteiger partial charge on any atom is -0.481 e.